The van der Waals surface area contributed by atoms with E-state index in [4.69, 9.17) is 16.3 Å². The van der Waals surface area contributed by atoms with Gasteiger partial charge in [0.1, 0.15) is 5.75 Å². The molecule has 0 radical (unpaired) electrons. The molecular weight excluding hydrogens is 244 g/mol. The lowest BCUT2D eigenvalue weighted by Gasteiger charge is -2.23. The SMILES string of the molecule is CC(C)(C)CC(Cl)c1ccc2c(c1)C(C)(C)CO2. The number of halogens is 1. The van der Waals surface area contributed by atoms with Gasteiger partial charge in [0.25, 0.3) is 0 Å². The van der Waals surface area contributed by atoms with E-state index in [0.29, 0.717) is 0 Å². The smallest absolute Gasteiger partial charge is 0.123 e. The molecule has 2 heteroatoms. The highest BCUT2D eigenvalue weighted by atomic mass is 35.5. The third kappa shape index (κ3) is 2.83. The second-order valence-corrected chi connectivity index (χ2v) is 7.69. The number of benzene rings is 1. The van der Waals surface area contributed by atoms with E-state index in [1.165, 1.54) is 11.1 Å². The third-order valence-corrected chi connectivity index (χ3v) is 3.88. The molecule has 1 unspecified atom stereocenters. The van der Waals surface area contributed by atoms with Crippen LogP contribution < -0.4 is 4.74 Å². The van der Waals surface area contributed by atoms with Crippen molar-refractivity contribution in [2.45, 2.75) is 51.8 Å². The molecule has 1 atom stereocenters. The molecule has 1 aromatic carbocycles. The highest BCUT2D eigenvalue weighted by molar-refractivity contribution is 6.20. The summed E-state index contributed by atoms with van der Waals surface area (Å²) in [5.74, 6) is 1.02. The van der Waals surface area contributed by atoms with Crippen LogP contribution in [0.25, 0.3) is 0 Å². The minimum atomic E-state index is 0.0756. The molecule has 1 aromatic rings. The fourth-order valence-corrected chi connectivity index (χ4v) is 2.99. The molecule has 100 valence electrons. The van der Waals surface area contributed by atoms with E-state index >= 15 is 0 Å². The Kier molecular flexibility index (Phi) is 3.40. The maximum Gasteiger partial charge on any atom is 0.123 e. The van der Waals surface area contributed by atoms with Gasteiger partial charge in [0, 0.05) is 11.0 Å². The van der Waals surface area contributed by atoms with Crippen molar-refractivity contribution in [2.24, 2.45) is 5.41 Å². The molecule has 0 aliphatic carbocycles. The molecule has 0 amide bonds. The summed E-state index contributed by atoms with van der Waals surface area (Å²) in [6.07, 6.45) is 0.981. The van der Waals surface area contributed by atoms with Gasteiger partial charge in [-0.05, 0) is 29.5 Å². The molecule has 1 aliphatic heterocycles. The van der Waals surface area contributed by atoms with Crippen molar-refractivity contribution >= 4 is 11.6 Å². The zero-order valence-corrected chi connectivity index (χ0v) is 12.8. The predicted octanol–water partition coefficient (Wildman–Crippen LogP) is 5.07. The second kappa shape index (κ2) is 4.45. The Morgan fingerprint density at radius 2 is 2.00 bits per heavy atom. The summed E-state index contributed by atoms with van der Waals surface area (Å²) in [5, 5.41) is 0.0756. The number of fused-ring (bicyclic) bond motifs is 1. The van der Waals surface area contributed by atoms with Crippen LogP contribution in [0.2, 0.25) is 0 Å². The molecule has 0 saturated carbocycles. The number of hydrogen-bond donors (Lipinski definition) is 0. The first-order valence-electron chi connectivity index (χ1n) is 6.60. The Bertz CT molecular complexity index is 443. The number of alkyl halides is 1. The molecule has 1 heterocycles. The topological polar surface area (TPSA) is 9.23 Å². The van der Waals surface area contributed by atoms with Crippen LogP contribution >= 0.6 is 11.6 Å². The van der Waals surface area contributed by atoms with Gasteiger partial charge in [-0.25, -0.2) is 0 Å². The minimum absolute atomic E-state index is 0.0756. The summed E-state index contributed by atoms with van der Waals surface area (Å²) in [6.45, 7) is 11.9. The van der Waals surface area contributed by atoms with Gasteiger partial charge in [-0.3, -0.25) is 0 Å². The lowest BCUT2D eigenvalue weighted by molar-refractivity contribution is 0.291. The van der Waals surface area contributed by atoms with Crippen LogP contribution in [0.5, 0.6) is 5.75 Å². The quantitative estimate of drug-likeness (QED) is 0.679. The Morgan fingerprint density at radius 1 is 1.33 bits per heavy atom. The van der Waals surface area contributed by atoms with Crippen LogP contribution in [0.4, 0.5) is 0 Å². The fraction of sp³-hybridized carbons (Fsp3) is 0.625. The van der Waals surface area contributed by atoms with Gasteiger partial charge < -0.3 is 4.74 Å². The van der Waals surface area contributed by atoms with E-state index in [-0.39, 0.29) is 16.2 Å². The number of ether oxygens (including phenoxy) is 1. The van der Waals surface area contributed by atoms with Crippen molar-refractivity contribution in [1.29, 1.82) is 0 Å². The van der Waals surface area contributed by atoms with Gasteiger partial charge in [-0.1, -0.05) is 40.7 Å². The average molecular weight is 267 g/mol. The van der Waals surface area contributed by atoms with Crippen LogP contribution in [0, 0.1) is 5.41 Å². The monoisotopic (exact) mass is 266 g/mol. The first-order valence-corrected chi connectivity index (χ1v) is 7.04. The molecule has 0 spiro atoms. The highest BCUT2D eigenvalue weighted by Crippen LogP contribution is 2.42. The standard InChI is InChI=1S/C16H23ClO/c1-15(2,3)9-13(17)11-6-7-14-12(8-11)16(4,5)10-18-14/h6-8,13H,9-10H2,1-5H3. The Labute approximate surface area is 115 Å². The zero-order chi connectivity index (χ0) is 13.6. The molecule has 0 N–H and O–H groups in total. The fourth-order valence-electron chi connectivity index (χ4n) is 2.39. The van der Waals surface area contributed by atoms with Crippen molar-refractivity contribution in [3.05, 3.63) is 29.3 Å². The normalized spacial score (nSPS) is 19.2. The van der Waals surface area contributed by atoms with E-state index in [1.54, 1.807) is 0 Å². The summed E-state index contributed by atoms with van der Waals surface area (Å²) in [6, 6.07) is 6.40. The first-order chi connectivity index (χ1) is 8.19. The van der Waals surface area contributed by atoms with Crippen LogP contribution in [-0.4, -0.2) is 6.61 Å². The lowest BCUT2D eigenvalue weighted by Crippen LogP contribution is -2.18. The predicted molar refractivity (Wildman–Crippen MR) is 77.6 cm³/mol. The summed E-state index contributed by atoms with van der Waals surface area (Å²) < 4.78 is 5.71. The summed E-state index contributed by atoms with van der Waals surface area (Å²) in [4.78, 5) is 0. The first kappa shape index (κ1) is 13.7. The number of hydrogen-bond acceptors (Lipinski definition) is 1. The van der Waals surface area contributed by atoms with Crippen molar-refractivity contribution in [3.8, 4) is 5.75 Å². The van der Waals surface area contributed by atoms with Crippen molar-refractivity contribution in [2.75, 3.05) is 6.61 Å². The average Bonchev–Trinajstić information content (AvgIpc) is 2.52. The van der Waals surface area contributed by atoms with Crippen LogP contribution in [0.1, 0.15) is 57.5 Å². The molecule has 0 fully saturated rings. The van der Waals surface area contributed by atoms with Gasteiger partial charge in [-0.15, -0.1) is 11.6 Å². The van der Waals surface area contributed by atoms with Gasteiger partial charge in [0.2, 0.25) is 0 Å². The van der Waals surface area contributed by atoms with Crippen LogP contribution in [0.3, 0.4) is 0 Å². The maximum atomic E-state index is 6.54. The summed E-state index contributed by atoms with van der Waals surface area (Å²) >= 11 is 6.54. The zero-order valence-electron chi connectivity index (χ0n) is 12.0. The van der Waals surface area contributed by atoms with Crippen molar-refractivity contribution in [1.82, 2.24) is 0 Å². The van der Waals surface area contributed by atoms with Gasteiger partial charge in [0.15, 0.2) is 0 Å². The Hall–Kier alpha value is -0.690. The molecular formula is C16H23ClO. The van der Waals surface area contributed by atoms with Crippen LogP contribution in [0.15, 0.2) is 18.2 Å². The van der Waals surface area contributed by atoms with Crippen molar-refractivity contribution in [3.63, 3.8) is 0 Å². The van der Waals surface area contributed by atoms with Gasteiger partial charge in [0.05, 0.1) is 12.0 Å². The molecule has 1 nitrogen and oxygen atoms in total. The van der Waals surface area contributed by atoms with E-state index in [9.17, 15) is 0 Å². The van der Waals surface area contributed by atoms with Gasteiger partial charge >= 0.3 is 0 Å². The molecule has 18 heavy (non-hydrogen) atoms. The lowest BCUT2D eigenvalue weighted by atomic mass is 9.84. The highest BCUT2D eigenvalue weighted by Gasteiger charge is 2.32. The second-order valence-electron chi connectivity index (χ2n) is 7.16. The largest absolute Gasteiger partial charge is 0.492 e. The third-order valence-electron chi connectivity index (χ3n) is 3.47. The molecule has 0 bridgehead atoms. The molecule has 2 rings (SSSR count). The summed E-state index contributed by atoms with van der Waals surface area (Å²) in [7, 11) is 0. The number of rotatable bonds is 2. The van der Waals surface area contributed by atoms with E-state index in [1.807, 2.05) is 0 Å². The molecule has 0 saturated heterocycles. The van der Waals surface area contributed by atoms with E-state index in [2.05, 4.69) is 52.8 Å². The minimum Gasteiger partial charge on any atom is -0.492 e. The van der Waals surface area contributed by atoms with E-state index < -0.39 is 0 Å². The van der Waals surface area contributed by atoms with E-state index in [0.717, 1.165) is 18.8 Å². The maximum absolute atomic E-state index is 6.54. The van der Waals surface area contributed by atoms with Crippen molar-refractivity contribution < 1.29 is 4.74 Å². The molecule has 1 aliphatic rings. The van der Waals surface area contributed by atoms with Crippen LogP contribution in [-0.2, 0) is 5.41 Å². The summed E-state index contributed by atoms with van der Waals surface area (Å²) in [5.41, 5.74) is 2.85. The van der Waals surface area contributed by atoms with Gasteiger partial charge in [-0.2, -0.15) is 0 Å². The Morgan fingerprint density at radius 3 is 2.61 bits per heavy atom. The Balaban J connectivity index is 2.27. The molecule has 0 aromatic heterocycles.